The fraction of sp³-hybridized carbons (Fsp3) is 0.333. The number of pyridine rings is 1. The number of aromatic nitrogens is 1. The molecule has 0 atom stereocenters. The van der Waals surface area contributed by atoms with Gasteiger partial charge in [0.2, 0.25) is 5.88 Å². The molecule has 0 saturated heterocycles. The maximum absolute atomic E-state index is 11.4. The van der Waals surface area contributed by atoms with E-state index in [9.17, 15) is 4.79 Å². The second-order valence-corrected chi connectivity index (χ2v) is 2.97. The number of halogens is 1. The van der Waals surface area contributed by atoms with Gasteiger partial charge < -0.3 is 10.1 Å². The minimum absolute atomic E-state index is 0.185. The molecule has 0 unspecified atom stereocenters. The first-order valence-corrected chi connectivity index (χ1v) is 4.55. The molecule has 1 aromatic heterocycles. The van der Waals surface area contributed by atoms with E-state index in [1.807, 2.05) is 6.92 Å². The Morgan fingerprint density at radius 2 is 2.36 bits per heavy atom. The summed E-state index contributed by atoms with van der Waals surface area (Å²) in [4.78, 5) is 15.3. The largest absolute Gasteiger partial charge is 0.481 e. The molecule has 5 heteroatoms. The number of carbonyl (C=O) groups excluding carboxylic acids is 1. The van der Waals surface area contributed by atoms with Crippen molar-refractivity contribution in [1.29, 1.82) is 0 Å². The first-order chi connectivity index (χ1) is 6.67. The first kappa shape index (κ1) is 10.8. The average molecular weight is 215 g/mol. The molecular formula is C9H11ClN2O2. The molecule has 0 aliphatic rings. The lowest BCUT2D eigenvalue weighted by Crippen LogP contribution is -2.22. The molecule has 1 aromatic rings. The van der Waals surface area contributed by atoms with Gasteiger partial charge in [-0.25, -0.2) is 4.98 Å². The standard InChI is InChI=1S/C9H11ClN2O2/c1-3-11-9(13)6-4-7(10)12-8(5-6)14-2/h4-5H,3H2,1-2H3,(H,11,13). The predicted octanol–water partition coefficient (Wildman–Crippen LogP) is 1.49. The number of hydrogen-bond donors (Lipinski definition) is 1. The molecule has 1 amide bonds. The van der Waals surface area contributed by atoms with Gasteiger partial charge in [-0.15, -0.1) is 0 Å². The van der Waals surface area contributed by atoms with Crippen LogP contribution < -0.4 is 10.1 Å². The topological polar surface area (TPSA) is 51.2 Å². The van der Waals surface area contributed by atoms with E-state index in [4.69, 9.17) is 16.3 Å². The van der Waals surface area contributed by atoms with Crippen LogP contribution in [0.5, 0.6) is 5.88 Å². The fourth-order valence-corrected chi connectivity index (χ4v) is 1.17. The highest BCUT2D eigenvalue weighted by Crippen LogP contribution is 2.15. The fourth-order valence-electron chi connectivity index (χ4n) is 0.971. The second kappa shape index (κ2) is 4.81. The minimum atomic E-state index is -0.185. The predicted molar refractivity (Wildman–Crippen MR) is 53.8 cm³/mol. The van der Waals surface area contributed by atoms with Crippen molar-refractivity contribution in [2.75, 3.05) is 13.7 Å². The Morgan fingerprint density at radius 3 is 2.93 bits per heavy atom. The number of hydrogen-bond acceptors (Lipinski definition) is 3. The van der Waals surface area contributed by atoms with Gasteiger partial charge in [0.1, 0.15) is 5.15 Å². The molecule has 14 heavy (non-hydrogen) atoms. The molecule has 1 heterocycles. The van der Waals surface area contributed by atoms with Gasteiger partial charge in [0, 0.05) is 18.2 Å². The van der Waals surface area contributed by atoms with Gasteiger partial charge >= 0.3 is 0 Å². The molecule has 1 rings (SSSR count). The van der Waals surface area contributed by atoms with E-state index in [1.54, 1.807) is 0 Å². The van der Waals surface area contributed by atoms with Crippen LogP contribution in [0.25, 0.3) is 0 Å². The van der Waals surface area contributed by atoms with E-state index in [1.165, 1.54) is 19.2 Å². The highest BCUT2D eigenvalue weighted by Gasteiger charge is 2.08. The Bertz CT molecular complexity index is 342. The van der Waals surface area contributed by atoms with E-state index in [2.05, 4.69) is 10.3 Å². The molecule has 0 spiro atoms. The van der Waals surface area contributed by atoms with Gasteiger partial charge in [0.05, 0.1) is 7.11 Å². The lowest BCUT2D eigenvalue weighted by Gasteiger charge is -2.04. The van der Waals surface area contributed by atoms with Crippen LogP contribution in [0.1, 0.15) is 17.3 Å². The van der Waals surface area contributed by atoms with Crippen molar-refractivity contribution < 1.29 is 9.53 Å². The Morgan fingerprint density at radius 1 is 1.64 bits per heavy atom. The summed E-state index contributed by atoms with van der Waals surface area (Å²) in [5.41, 5.74) is 0.448. The minimum Gasteiger partial charge on any atom is -0.481 e. The molecule has 0 aliphatic heterocycles. The van der Waals surface area contributed by atoms with E-state index in [0.717, 1.165) is 0 Å². The Kier molecular flexibility index (Phi) is 3.71. The number of nitrogens with zero attached hydrogens (tertiary/aromatic N) is 1. The first-order valence-electron chi connectivity index (χ1n) is 4.17. The lowest BCUT2D eigenvalue weighted by molar-refractivity contribution is 0.0955. The van der Waals surface area contributed by atoms with Gasteiger partial charge in [-0.1, -0.05) is 11.6 Å². The maximum atomic E-state index is 11.4. The van der Waals surface area contributed by atoms with Crippen molar-refractivity contribution in [1.82, 2.24) is 10.3 Å². The quantitative estimate of drug-likeness (QED) is 0.776. The van der Waals surface area contributed by atoms with E-state index in [-0.39, 0.29) is 11.1 Å². The summed E-state index contributed by atoms with van der Waals surface area (Å²) in [6, 6.07) is 3.03. The Hall–Kier alpha value is -1.29. The summed E-state index contributed by atoms with van der Waals surface area (Å²) in [5, 5.41) is 2.90. The van der Waals surface area contributed by atoms with Crippen molar-refractivity contribution >= 4 is 17.5 Å². The summed E-state index contributed by atoms with van der Waals surface area (Å²) in [6.07, 6.45) is 0. The molecular weight excluding hydrogens is 204 g/mol. The van der Waals surface area contributed by atoms with E-state index in [0.29, 0.717) is 18.0 Å². The number of amides is 1. The van der Waals surface area contributed by atoms with Crippen molar-refractivity contribution in [3.63, 3.8) is 0 Å². The van der Waals surface area contributed by atoms with Crippen LogP contribution in [0, 0.1) is 0 Å². The average Bonchev–Trinajstić information content (AvgIpc) is 2.17. The van der Waals surface area contributed by atoms with Crippen LogP contribution in [0.4, 0.5) is 0 Å². The van der Waals surface area contributed by atoms with Crippen molar-refractivity contribution in [2.45, 2.75) is 6.92 Å². The van der Waals surface area contributed by atoms with Crippen LogP contribution >= 0.6 is 11.6 Å². The number of carbonyl (C=O) groups is 1. The zero-order chi connectivity index (χ0) is 10.6. The Balaban J connectivity index is 2.96. The molecule has 4 nitrogen and oxygen atoms in total. The zero-order valence-corrected chi connectivity index (χ0v) is 8.76. The second-order valence-electron chi connectivity index (χ2n) is 2.58. The third-order valence-electron chi connectivity index (χ3n) is 1.58. The highest BCUT2D eigenvalue weighted by molar-refractivity contribution is 6.29. The normalized spacial score (nSPS) is 9.64. The lowest BCUT2D eigenvalue weighted by atomic mass is 10.2. The van der Waals surface area contributed by atoms with Gasteiger partial charge in [-0.2, -0.15) is 0 Å². The summed E-state index contributed by atoms with van der Waals surface area (Å²) in [5.74, 6) is 0.147. The van der Waals surface area contributed by atoms with Crippen LogP contribution in [0.3, 0.4) is 0 Å². The highest BCUT2D eigenvalue weighted by atomic mass is 35.5. The molecule has 76 valence electrons. The molecule has 1 N–H and O–H groups in total. The van der Waals surface area contributed by atoms with Crippen LogP contribution in [0.2, 0.25) is 5.15 Å². The number of ether oxygens (including phenoxy) is 1. The molecule has 0 saturated carbocycles. The summed E-state index contributed by atoms with van der Waals surface area (Å²) >= 11 is 5.70. The van der Waals surface area contributed by atoms with Gasteiger partial charge in [0.25, 0.3) is 5.91 Å². The van der Waals surface area contributed by atoms with Crippen LogP contribution in [0.15, 0.2) is 12.1 Å². The van der Waals surface area contributed by atoms with Crippen molar-refractivity contribution in [3.05, 3.63) is 22.8 Å². The Labute approximate surface area is 87.2 Å². The van der Waals surface area contributed by atoms with E-state index < -0.39 is 0 Å². The summed E-state index contributed by atoms with van der Waals surface area (Å²) < 4.78 is 4.89. The van der Waals surface area contributed by atoms with Crippen molar-refractivity contribution in [3.8, 4) is 5.88 Å². The van der Waals surface area contributed by atoms with Gasteiger partial charge in [-0.3, -0.25) is 4.79 Å². The number of methoxy groups -OCH3 is 1. The van der Waals surface area contributed by atoms with Crippen LogP contribution in [-0.4, -0.2) is 24.5 Å². The third kappa shape index (κ3) is 2.60. The number of rotatable bonds is 3. The molecule has 0 fully saturated rings. The maximum Gasteiger partial charge on any atom is 0.251 e. The summed E-state index contributed by atoms with van der Waals surface area (Å²) in [7, 11) is 1.47. The van der Waals surface area contributed by atoms with Crippen molar-refractivity contribution in [2.24, 2.45) is 0 Å². The zero-order valence-electron chi connectivity index (χ0n) is 8.00. The van der Waals surface area contributed by atoms with E-state index >= 15 is 0 Å². The summed E-state index contributed by atoms with van der Waals surface area (Å²) in [6.45, 7) is 2.42. The van der Waals surface area contributed by atoms with Crippen LogP contribution in [-0.2, 0) is 0 Å². The molecule has 0 aliphatic carbocycles. The van der Waals surface area contributed by atoms with Gasteiger partial charge in [-0.05, 0) is 13.0 Å². The molecule has 0 bridgehead atoms. The molecule has 0 radical (unpaired) electrons. The smallest absolute Gasteiger partial charge is 0.251 e. The third-order valence-corrected chi connectivity index (χ3v) is 1.77. The SMILES string of the molecule is CCNC(=O)c1cc(Cl)nc(OC)c1. The van der Waals surface area contributed by atoms with Gasteiger partial charge in [0.15, 0.2) is 0 Å². The monoisotopic (exact) mass is 214 g/mol. The number of nitrogens with one attached hydrogen (secondary N) is 1. The molecule has 0 aromatic carbocycles.